The lowest BCUT2D eigenvalue weighted by atomic mass is 10.0. The first kappa shape index (κ1) is 15.3. The van der Waals surface area contributed by atoms with E-state index >= 15 is 0 Å². The van der Waals surface area contributed by atoms with E-state index in [1.54, 1.807) is 0 Å². The molecule has 0 radical (unpaired) electrons. The smallest absolute Gasteiger partial charge is 0.00992 e. The van der Waals surface area contributed by atoms with Crippen LogP contribution >= 0.6 is 0 Å². The van der Waals surface area contributed by atoms with Gasteiger partial charge in [-0.15, -0.1) is 0 Å². The Morgan fingerprint density at radius 3 is 2.53 bits per heavy atom. The summed E-state index contributed by atoms with van der Waals surface area (Å²) in [5.74, 6) is 3.73. The average molecular weight is 266 g/mol. The van der Waals surface area contributed by atoms with E-state index in [-0.39, 0.29) is 0 Å². The van der Waals surface area contributed by atoms with Gasteiger partial charge in [-0.05, 0) is 81.8 Å². The van der Waals surface area contributed by atoms with Crippen LogP contribution in [-0.4, -0.2) is 25.7 Å². The lowest BCUT2D eigenvalue weighted by molar-refractivity contribution is 0.428. The van der Waals surface area contributed by atoms with Crippen LogP contribution in [0.2, 0.25) is 0 Å². The summed E-state index contributed by atoms with van der Waals surface area (Å²) in [6.45, 7) is 10.8. The summed E-state index contributed by atoms with van der Waals surface area (Å²) >= 11 is 0. The summed E-state index contributed by atoms with van der Waals surface area (Å²) in [6, 6.07) is 0.848. The molecule has 3 atom stereocenters. The molecule has 19 heavy (non-hydrogen) atoms. The van der Waals surface area contributed by atoms with Crippen molar-refractivity contribution in [3.8, 4) is 0 Å². The molecule has 2 nitrogen and oxygen atoms in total. The van der Waals surface area contributed by atoms with Crippen LogP contribution in [-0.2, 0) is 0 Å². The molecule has 2 rings (SSSR count). The van der Waals surface area contributed by atoms with Crippen LogP contribution < -0.4 is 10.6 Å². The zero-order chi connectivity index (χ0) is 13.7. The molecule has 0 aromatic heterocycles. The standard InChI is InChI=1S/C17H34N2/c1-13(2)6-9-19-17-11-16(17)10-14(3)7-8-18-12-15-4-5-15/h13-19H,4-12H2,1-3H3. The Kier molecular flexibility index (Phi) is 6.15. The first-order valence-electron chi connectivity index (χ1n) is 8.59. The topological polar surface area (TPSA) is 24.1 Å². The first-order valence-corrected chi connectivity index (χ1v) is 8.59. The highest BCUT2D eigenvalue weighted by Gasteiger charge is 2.36. The van der Waals surface area contributed by atoms with Crippen molar-refractivity contribution in [2.24, 2.45) is 23.7 Å². The number of hydrogen-bond donors (Lipinski definition) is 2. The zero-order valence-corrected chi connectivity index (χ0v) is 13.3. The fourth-order valence-corrected chi connectivity index (χ4v) is 2.93. The van der Waals surface area contributed by atoms with Crippen molar-refractivity contribution in [1.29, 1.82) is 0 Å². The van der Waals surface area contributed by atoms with Gasteiger partial charge in [0, 0.05) is 6.04 Å². The molecule has 0 bridgehead atoms. The van der Waals surface area contributed by atoms with Crippen LogP contribution in [0, 0.1) is 23.7 Å². The fraction of sp³-hybridized carbons (Fsp3) is 1.00. The molecule has 112 valence electrons. The lowest BCUT2D eigenvalue weighted by Gasteiger charge is -2.12. The molecule has 2 heteroatoms. The Bertz CT molecular complexity index is 248. The summed E-state index contributed by atoms with van der Waals surface area (Å²) in [6.07, 6.45) is 8.48. The van der Waals surface area contributed by atoms with Gasteiger partial charge in [-0.1, -0.05) is 20.8 Å². The quantitative estimate of drug-likeness (QED) is 0.560. The predicted octanol–water partition coefficient (Wildman–Crippen LogP) is 3.43. The van der Waals surface area contributed by atoms with E-state index in [4.69, 9.17) is 0 Å². The molecule has 0 heterocycles. The normalized spacial score (nSPS) is 27.8. The van der Waals surface area contributed by atoms with Gasteiger partial charge >= 0.3 is 0 Å². The van der Waals surface area contributed by atoms with Crippen LogP contribution in [0.25, 0.3) is 0 Å². The van der Waals surface area contributed by atoms with Gasteiger partial charge in [0.15, 0.2) is 0 Å². The van der Waals surface area contributed by atoms with Gasteiger partial charge in [-0.25, -0.2) is 0 Å². The molecule has 2 fully saturated rings. The van der Waals surface area contributed by atoms with Crippen molar-refractivity contribution >= 4 is 0 Å². The zero-order valence-electron chi connectivity index (χ0n) is 13.3. The van der Waals surface area contributed by atoms with E-state index in [9.17, 15) is 0 Å². The maximum Gasteiger partial charge on any atom is 0.00992 e. The monoisotopic (exact) mass is 266 g/mol. The second kappa shape index (κ2) is 7.64. The highest BCUT2D eigenvalue weighted by atomic mass is 15.0. The van der Waals surface area contributed by atoms with E-state index in [2.05, 4.69) is 31.4 Å². The highest BCUT2D eigenvalue weighted by Crippen LogP contribution is 2.37. The Hall–Kier alpha value is -0.0800. The van der Waals surface area contributed by atoms with Crippen LogP contribution in [0.3, 0.4) is 0 Å². The molecule has 0 aromatic rings. The van der Waals surface area contributed by atoms with E-state index in [0.29, 0.717) is 0 Å². The molecule has 3 unspecified atom stereocenters. The Balaban J connectivity index is 1.41. The van der Waals surface area contributed by atoms with Gasteiger partial charge in [-0.2, -0.15) is 0 Å². The SMILES string of the molecule is CC(C)CCNC1CC1CC(C)CCNCC1CC1. The maximum absolute atomic E-state index is 3.72. The molecule has 2 N–H and O–H groups in total. The summed E-state index contributed by atoms with van der Waals surface area (Å²) in [5, 5.41) is 7.33. The van der Waals surface area contributed by atoms with E-state index in [1.807, 2.05) is 0 Å². The minimum absolute atomic E-state index is 0.834. The number of rotatable bonds is 11. The summed E-state index contributed by atoms with van der Waals surface area (Å²) < 4.78 is 0. The van der Waals surface area contributed by atoms with Crippen molar-refractivity contribution < 1.29 is 0 Å². The number of hydrogen-bond acceptors (Lipinski definition) is 2. The van der Waals surface area contributed by atoms with Crippen molar-refractivity contribution in [1.82, 2.24) is 10.6 Å². The summed E-state index contributed by atoms with van der Waals surface area (Å²) in [4.78, 5) is 0. The molecular weight excluding hydrogens is 232 g/mol. The van der Waals surface area contributed by atoms with E-state index < -0.39 is 0 Å². The Morgan fingerprint density at radius 1 is 1.05 bits per heavy atom. The molecule has 0 saturated heterocycles. The van der Waals surface area contributed by atoms with E-state index in [0.717, 1.165) is 29.7 Å². The predicted molar refractivity (Wildman–Crippen MR) is 83.3 cm³/mol. The second-order valence-electron chi connectivity index (χ2n) is 7.52. The minimum Gasteiger partial charge on any atom is -0.316 e. The molecule has 0 spiro atoms. The number of nitrogens with one attached hydrogen (secondary N) is 2. The van der Waals surface area contributed by atoms with Gasteiger partial charge in [-0.3, -0.25) is 0 Å². The molecule has 0 amide bonds. The third kappa shape index (κ3) is 6.76. The molecular formula is C17H34N2. The Labute approximate surface area is 120 Å². The van der Waals surface area contributed by atoms with Crippen LogP contribution in [0.1, 0.15) is 59.3 Å². The Morgan fingerprint density at radius 2 is 1.84 bits per heavy atom. The van der Waals surface area contributed by atoms with E-state index in [1.165, 1.54) is 58.2 Å². The summed E-state index contributed by atoms with van der Waals surface area (Å²) in [5.41, 5.74) is 0. The molecule has 2 aliphatic carbocycles. The molecule has 2 aliphatic rings. The van der Waals surface area contributed by atoms with Crippen molar-refractivity contribution in [3.05, 3.63) is 0 Å². The van der Waals surface area contributed by atoms with Crippen LogP contribution in [0.15, 0.2) is 0 Å². The third-order valence-electron chi connectivity index (χ3n) is 4.70. The molecule has 0 aromatic carbocycles. The third-order valence-corrected chi connectivity index (χ3v) is 4.70. The first-order chi connectivity index (χ1) is 9.15. The highest BCUT2D eigenvalue weighted by molar-refractivity contribution is 4.93. The van der Waals surface area contributed by atoms with Crippen molar-refractivity contribution in [2.75, 3.05) is 19.6 Å². The molecule has 2 saturated carbocycles. The van der Waals surface area contributed by atoms with Crippen molar-refractivity contribution in [3.63, 3.8) is 0 Å². The average Bonchev–Trinajstić information content (AvgIpc) is 3.22. The van der Waals surface area contributed by atoms with Crippen molar-refractivity contribution in [2.45, 2.75) is 65.3 Å². The van der Waals surface area contributed by atoms with Gasteiger partial charge in [0.2, 0.25) is 0 Å². The minimum atomic E-state index is 0.834. The maximum atomic E-state index is 3.72. The fourth-order valence-electron chi connectivity index (χ4n) is 2.93. The lowest BCUT2D eigenvalue weighted by Crippen LogP contribution is -2.22. The van der Waals surface area contributed by atoms with Gasteiger partial charge in [0.1, 0.15) is 0 Å². The van der Waals surface area contributed by atoms with Gasteiger partial charge in [0.25, 0.3) is 0 Å². The summed E-state index contributed by atoms with van der Waals surface area (Å²) in [7, 11) is 0. The van der Waals surface area contributed by atoms with Gasteiger partial charge in [0.05, 0.1) is 0 Å². The second-order valence-corrected chi connectivity index (χ2v) is 7.52. The van der Waals surface area contributed by atoms with Crippen LogP contribution in [0.5, 0.6) is 0 Å². The largest absolute Gasteiger partial charge is 0.316 e. The molecule has 0 aliphatic heterocycles. The van der Waals surface area contributed by atoms with Crippen LogP contribution in [0.4, 0.5) is 0 Å². The van der Waals surface area contributed by atoms with Gasteiger partial charge < -0.3 is 10.6 Å².